The van der Waals surface area contributed by atoms with E-state index in [4.69, 9.17) is 5.73 Å². The van der Waals surface area contributed by atoms with E-state index in [0.29, 0.717) is 12.6 Å². The summed E-state index contributed by atoms with van der Waals surface area (Å²) in [4.78, 5) is 0. The molecule has 0 bridgehead atoms. The second-order valence-corrected chi connectivity index (χ2v) is 2.59. The maximum atomic E-state index is 5.44. The Labute approximate surface area is 59.1 Å². The molecule has 1 aromatic rings. The van der Waals surface area contributed by atoms with Crippen LogP contribution in [0.2, 0.25) is 0 Å². The van der Waals surface area contributed by atoms with Crippen LogP contribution >= 0.6 is 0 Å². The second kappa shape index (κ2) is 2.05. The lowest BCUT2D eigenvalue weighted by atomic mass is 10.5. The molecular formula is C6H10N4. The Morgan fingerprint density at radius 2 is 2.50 bits per heavy atom. The van der Waals surface area contributed by atoms with Crippen LogP contribution in [-0.2, 0) is 6.54 Å². The topological polar surface area (TPSA) is 56.7 Å². The average molecular weight is 138 g/mol. The zero-order valence-electron chi connectivity index (χ0n) is 5.70. The van der Waals surface area contributed by atoms with Crippen molar-refractivity contribution in [2.24, 2.45) is 5.73 Å². The molecule has 0 radical (unpaired) electrons. The lowest BCUT2D eigenvalue weighted by Crippen LogP contribution is -2.06. The third-order valence-corrected chi connectivity index (χ3v) is 1.77. The lowest BCUT2D eigenvalue weighted by molar-refractivity contribution is 0.682. The highest BCUT2D eigenvalue weighted by Crippen LogP contribution is 2.34. The molecule has 0 saturated heterocycles. The van der Waals surface area contributed by atoms with E-state index in [1.807, 2.05) is 0 Å². The Kier molecular flexibility index (Phi) is 1.20. The quantitative estimate of drug-likeness (QED) is 0.629. The summed E-state index contributed by atoms with van der Waals surface area (Å²) < 4.78 is 2.07. The average Bonchev–Trinajstić information content (AvgIpc) is 2.69. The van der Waals surface area contributed by atoms with Gasteiger partial charge in [-0.05, 0) is 12.8 Å². The maximum Gasteiger partial charge on any atom is 0.146 e. The van der Waals surface area contributed by atoms with Crippen molar-refractivity contribution < 1.29 is 0 Å². The summed E-state index contributed by atoms with van der Waals surface area (Å²) in [7, 11) is 0. The molecule has 4 nitrogen and oxygen atoms in total. The fourth-order valence-electron chi connectivity index (χ4n) is 1.07. The molecule has 1 aliphatic carbocycles. The summed E-state index contributed by atoms with van der Waals surface area (Å²) in [6.07, 6.45) is 4.27. The number of rotatable bonds is 2. The summed E-state index contributed by atoms with van der Waals surface area (Å²) in [6, 6.07) is 0.647. The van der Waals surface area contributed by atoms with E-state index in [2.05, 4.69) is 14.8 Å². The molecule has 0 unspecified atom stereocenters. The third-order valence-electron chi connectivity index (χ3n) is 1.77. The first-order valence-electron chi connectivity index (χ1n) is 3.50. The zero-order valence-corrected chi connectivity index (χ0v) is 5.70. The molecule has 0 aromatic carbocycles. The van der Waals surface area contributed by atoms with Gasteiger partial charge in [0.05, 0.1) is 6.54 Å². The molecule has 4 heteroatoms. The molecule has 0 spiro atoms. The number of nitrogens with zero attached hydrogens (tertiary/aromatic N) is 3. The highest BCUT2D eigenvalue weighted by Gasteiger charge is 2.25. The van der Waals surface area contributed by atoms with Crippen LogP contribution in [0.25, 0.3) is 0 Å². The molecular weight excluding hydrogens is 128 g/mol. The summed E-state index contributed by atoms with van der Waals surface area (Å²) >= 11 is 0. The number of hydrogen-bond donors (Lipinski definition) is 1. The van der Waals surface area contributed by atoms with Gasteiger partial charge < -0.3 is 10.3 Å². The monoisotopic (exact) mass is 138 g/mol. The van der Waals surface area contributed by atoms with Crippen LogP contribution in [0, 0.1) is 0 Å². The summed E-state index contributed by atoms with van der Waals surface area (Å²) in [6.45, 7) is 0.497. The van der Waals surface area contributed by atoms with Crippen LogP contribution in [-0.4, -0.2) is 14.8 Å². The molecule has 54 valence electrons. The smallest absolute Gasteiger partial charge is 0.146 e. The van der Waals surface area contributed by atoms with Gasteiger partial charge in [0.15, 0.2) is 0 Å². The molecule has 0 atom stereocenters. The van der Waals surface area contributed by atoms with Crippen molar-refractivity contribution in [3.8, 4) is 0 Å². The molecule has 1 saturated carbocycles. The minimum absolute atomic E-state index is 0.497. The highest BCUT2D eigenvalue weighted by molar-refractivity contribution is 4.93. The largest absolute Gasteiger partial charge is 0.324 e. The lowest BCUT2D eigenvalue weighted by Gasteiger charge is -1.99. The van der Waals surface area contributed by atoms with E-state index in [1.54, 1.807) is 6.33 Å². The van der Waals surface area contributed by atoms with Gasteiger partial charge in [-0.3, -0.25) is 0 Å². The Morgan fingerprint density at radius 3 is 3.10 bits per heavy atom. The van der Waals surface area contributed by atoms with E-state index in [0.717, 1.165) is 5.82 Å². The van der Waals surface area contributed by atoms with Crippen LogP contribution < -0.4 is 5.73 Å². The van der Waals surface area contributed by atoms with E-state index in [9.17, 15) is 0 Å². The number of nitrogens with two attached hydrogens (primary N) is 1. The van der Waals surface area contributed by atoms with Crippen LogP contribution in [0.1, 0.15) is 24.7 Å². The van der Waals surface area contributed by atoms with Gasteiger partial charge in [-0.15, -0.1) is 10.2 Å². The van der Waals surface area contributed by atoms with E-state index >= 15 is 0 Å². The SMILES string of the molecule is NCc1nncn1C1CC1. The number of hydrogen-bond acceptors (Lipinski definition) is 3. The van der Waals surface area contributed by atoms with Gasteiger partial charge >= 0.3 is 0 Å². The summed E-state index contributed by atoms with van der Waals surface area (Å²) in [5.41, 5.74) is 5.44. The maximum absolute atomic E-state index is 5.44. The molecule has 1 fully saturated rings. The van der Waals surface area contributed by atoms with Gasteiger partial charge in [-0.1, -0.05) is 0 Å². The van der Waals surface area contributed by atoms with Gasteiger partial charge in [-0.25, -0.2) is 0 Å². The predicted molar refractivity (Wildman–Crippen MR) is 36.2 cm³/mol. The van der Waals surface area contributed by atoms with E-state index < -0.39 is 0 Å². The first kappa shape index (κ1) is 5.85. The first-order valence-corrected chi connectivity index (χ1v) is 3.50. The van der Waals surface area contributed by atoms with Gasteiger partial charge in [0.25, 0.3) is 0 Å². The second-order valence-electron chi connectivity index (χ2n) is 2.59. The standard InChI is InChI=1S/C6H10N4/c7-3-6-9-8-4-10(6)5-1-2-5/h4-5H,1-3,7H2. The predicted octanol–water partition coefficient (Wildman–Crippen LogP) is 0.0717. The Bertz CT molecular complexity index is 225. The summed E-state index contributed by atoms with van der Waals surface area (Å²) in [5, 5.41) is 7.67. The minimum Gasteiger partial charge on any atom is -0.324 e. The molecule has 2 N–H and O–H groups in total. The Morgan fingerprint density at radius 1 is 1.70 bits per heavy atom. The molecule has 0 aliphatic heterocycles. The van der Waals surface area contributed by atoms with Crippen molar-refractivity contribution in [1.29, 1.82) is 0 Å². The molecule has 0 amide bonds. The number of aromatic nitrogens is 3. The third kappa shape index (κ3) is 0.806. The molecule has 1 aliphatic rings. The van der Waals surface area contributed by atoms with Crippen LogP contribution in [0.3, 0.4) is 0 Å². The first-order chi connectivity index (χ1) is 4.92. The summed E-state index contributed by atoms with van der Waals surface area (Å²) in [5.74, 6) is 0.905. The van der Waals surface area contributed by atoms with Crippen molar-refractivity contribution in [2.45, 2.75) is 25.4 Å². The highest BCUT2D eigenvalue weighted by atomic mass is 15.3. The van der Waals surface area contributed by atoms with Crippen molar-refractivity contribution in [3.05, 3.63) is 12.2 Å². The van der Waals surface area contributed by atoms with Crippen LogP contribution in [0.5, 0.6) is 0 Å². The minimum atomic E-state index is 0.497. The van der Waals surface area contributed by atoms with Crippen molar-refractivity contribution in [3.63, 3.8) is 0 Å². The fourth-order valence-corrected chi connectivity index (χ4v) is 1.07. The molecule has 10 heavy (non-hydrogen) atoms. The van der Waals surface area contributed by atoms with E-state index in [1.165, 1.54) is 12.8 Å². The molecule has 2 rings (SSSR count). The van der Waals surface area contributed by atoms with Crippen molar-refractivity contribution in [2.75, 3.05) is 0 Å². The Balaban J connectivity index is 2.28. The van der Waals surface area contributed by atoms with Gasteiger partial charge in [-0.2, -0.15) is 0 Å². The van der Waals surface area contributed by atoms with Crippen molar-refractivity contribution >= 4 is 0 Å². The molecule has 1 heterocycles. The normalized spacial score (nSPS) is 17.7. The zero-order chi connectivity index (χ0) is 6.97. The van der Waals surface area contributed by atoms with Gasteiger partial charge in [0.1, 0.15) is 12.2 Å². The van der Waals surface area contributed by atoms with Crippen LogP contribution in [0.4, 0.5) is 0 Å². The van der Waals surface area contributed by atoms with Crippen LogP contribution in [0.15, 0.2) is 6.33 Å². The van der Waals surface area contributed by atoms with Gasteiger partial charge in [0.2, 0.25) is 0 Å². The Hall–Kier alpha value is -0.900. The van der Waals surface area contributed by atoms with Crippen molar-refractivity contribution in [1.82, 2.24) is 14.8 Å². The van der Waals surface area contributed by atoms with E-state index in [-0.39, 0.29) is 0 Å². The fraction of sp³-hybridized carbons (Fsp3) is 0.667. The van der Waals surface area contributed by atoms with Gasteiger partial charge in [0, 0.05) is 6.04 Å². The molecule has 1 aromatic heterocycles.